The maximum Gasteiger partial charge on any atom is 0.214 e. The molecule has 0 unspecified atom stereocenters. The van der Waals surface area contributed by atoms with Gasteiger partial charge in [0.1, 0.15) is 0 Å². The number of primary sulfonamides is 1. The number of aromatic nitrogens is 4. The average Bonchev–Trinajstić information content (AvgIpc) is 2.91. The van der Waals surface area contributed by atoms with Crippen molar-refractivity contribution in [2.45, 2.75) is 31.3 Å². The van der Waals surface area contributed by atoms with Crippen LogP contribution in [0.5, 0.6) is 0 Å². The molecule has 2 aromatic rings. The Morgan fingerprint density at radius 1 is 1.27 bits per heavy atom. The number of hydrogen-bond acceptors (Lipinski definition) is 6. The van der Waals surface area contributed by atoms with Crippen molar-refractivity contribution in [3.8, 4) is 5.69 Å². The summed E-state index contributed by atoms with van der Waals surface area (Å²) in [4.78, 5) is 0. The second-order valence-corrected chi connectivity index (χ2v) is 7.98. The summed E-state index contributed by atoms with van der Waals surface area (Å²) < 4.78 is 23.4. The van der Waals surface area contributed by atoms with E-state index in [0.29, 0.717) is 23.2 Å². The van der Waals surface area contributed by atoms with Crippen molar-refractivity contribution < 1.29 is 8.42 Å². The van der Waals surface area contributed by atoms with Crippen LogP contribution in [0.4, 0.5) is 0 Å². The summed E-state index contributed by atoms with van der Waals surface area (Å²) >= 11 is 1.41. The standard InChI is InChI=1S/C13H19N5O2S2/c1-10(2)11-4-6-12(7-5-11)18-13(15-16-17-18)21-8-3-9-22(14,19)20/h4-7,10H,3,8-9H2,1-2H3,(H2,14,19,20). The highest BCUT2D eigenvalue weighted by atomic mass is 32.2. The lowest BCUT2D eigenvalue weighted by atomic mass is 10.0. The third-order valence-electron chi connectivity index (χ3n) is 3.05. The predicted molar refractivity (Wildman–Crippen MR) is 86.6 cm³/mol. The first-order valence-electron chi connectivity index (χ1n) is 6.89. The molecule has 1 aromatic heterocycles. The summed E-state index contributed by atoms with van der Waals surface area (Å²) in [7, 11) is -3.41. The van der Waals surface area contributed by atoms with Crippen LogP contribution in [0.1, 0.15) is 31.7 Å². The van der Waals surface area contributed by atoms with Crippen molar-refractivity contribution in [3.05, 3.63) is 29.8 Å². The third kappa shape index (κ3) is 4.79. The van der Waals surface area contributed by atoms with E-state index in [0.717, 1.165) is 5.69 Å². The lowest BCUT2D eigenvalue weighted by Crippen LogP contribution is -2.16. The molecule has 0 aliphatic rings. The summed E-state index contributed by atoms with van der Waals surface area (Å²) in [5.41, 5.74) is 2.13. The molecule has 9 heteroatoms. The molecule has 0 radical (unpaired) electrons. The number of tetrazole rings is 1. The minimum atomic E-state index is -3.41. The van der Waals surface area contributed by atoms with Crippen LogP contribution >= 0.6 is 11.8 Å². The molecule has 22 heavy (non-hydrogen) atoms. The second kappa shape index (κ2) is 7.21. The second-order valence-electron chi connectivity index (χ2n) is 5.19. The number of sulfonamides is 1. The first-order chi connectivity index (χ1) is 10.4. The fourth-order valence-corrected chi connectivity index (χ4v) is 3.41. The zero-order chi connectivity index (χ0) is 16.2. The minimum absolute atomic E-state index is 0.0371. The number of benzene rings is 1. The summed E-state index contributed by atoms with van der Waals surface area (Å²) in [5, 5.41) is 17.2. The van der Waals surface area contributed by atoms with Crippen molar-refractivity contribution in [1.29, 1.82) is 0 Å². The van der Waals surface area contributed by atoms with Gasteiger partial charge >= 0.3 is 0 Å². The van der Waals surface area contributed by atoms with Gasteiger partial charge in [0.25, 0.3) is 0 Å². The zero-order valence-electron chi connectivity index (χ0n) is 12.5. The van der Waals surface area contributed by atoms with E-state index in [2.05, 4.69) is 41.5 Å². The highest BCUT2D eigenvalue weighted by Gasteiger charge is 2.10. The molecule has 2 N–H and O–H groups in total. The van der Waals surface area contributed by atoms with Crippen molar-refractivity contribution in [1.82, 2.24) is 20.2 Å². The average molecular weight is 341 g/mol. The Labute approximate surface area is 134 Å². The van der Waals surface area contributed by atoms with Crippen LogP contribution < -0.4 is 5.14 Å². The monoisotopic (exact) mass is 341 g/mol. The Balaban J connectivity index is 2.03. The van der Waals surface area contributed by atoms with Gasteiger partial charge < -0.3 is 0 Å². The summed E-state index contributed by atoms with van der Waals surface area (Å²) in [6, 6.07) is 8.05. The third-order valence-corrected chi connectivity index (χ3v) is 4.91. The molecule has 7 nitrogen and oxygen atoms in total. The molecule has 0 spiro atoms. The number of nitrogens with zero attached hydrogens (tertiary/aromatic N) is 4. The van der Waals surface area contributed by atoms with Gasteiger partial charge in [0.15, 0.2) is 0 Å². The molecule has 0 fully saturated rings. The zero-order valence-corrected chi connectivity index (χ0v) is 14.1. The van der Waals surface area contributed by atoms with Crippen LogP contribution in [-0.2, 0) is 10.0 Å². The molecule has 0 bridgehead atoms. The van der Waals surface area contributed by atoms with Gasteiger partial charge in [-0.2, -0.15) is 4.68 Å². The lowest BCUT2D eigenvalue weighted by Gasteiger charge is -2.07. The van der Waals surface area contributed by atoms with Crippen LogP contribution in [0.2, 0.25) is 0 Å². The Morgan fingerprint density at radius 2 is 1.95 bits per heavy atom. The van der Waals surface area contributed by atoms with Gasteiger partial charge in [-0.25, -0.2) is 13.6 Å². The quantitative estimate of drug-likeness (QED) is 0.605. The largest absolute Gasteiger partial charge is 0.229 e. The first-order valence-corrected chi connectivity index (χ1v) is 9.59. The molecule has 0 atom stereocenters. The molecular weight excluding hydrogens is 322 g/mol. The van der Waals surface area contributed by atoms with E-state index in [1.165, 1.54) is 17.3 Å². The number of hydrogen-bond donors (Lipinski definition) is 1. The fraction of sp³-hybridized carbons (Fsp3) is 0.462. The molecule has 1 heterocycles. The van der Waals surface area contributed by atoms with Gasteiger partial charge in [0.05, 0.1) is 11.4 Å². The lowest BCUT2D eigenvalue weighted by molar-refractivity contribution is 0.596. The maximum atomic E-state index is 10.9. The Bertz CT molecular complexity index is 710. The molecule has 0 saturated heterocycles. The Kier molecular flexibility index (Phi) is 5.54. The van der Waals surface area contributed by atoms with Crippen LogP contribution in [0.25, 0.3) is 5.69 Å². The summed E-state index contributed by atoms with van der Waals surface area (Å²) in [5.74, 6) is 1.01. The fourth-order valence-electron chi connectivity index (χ4n) is 1.85. The van der Waals surface area contributed by atoms with Gasteiger partial charge in [-0.1, -0.05) is 37.7 Å². The van der Waals surface area contributed by atoms with Crippen LogP contribution in [-0.4, -0.2) is 40.1 Å². The molecule has 2 rings (SSSR count). The van der Waals surface area contributed by atoms with E-state index in [1.54, 1.807) is 4.68 Å². The molecule has 120 valence electrons. The van der Waals surface area contributed by atoms with E-state index in [4.69, 9.17) is 5.14 Å². The predicted octanol–water partition coefficient (Wildman–Crippen LogP) is 1.56. The number of rotatable bonds is 7. The van der Waals surface area contributed by atoms with Gasteiger partial charge in [0, 0.05) is 5.75 Å². The molecule has 1 aromatic carbocycles. The minimum Gasteiger partial charge on any atom is -0.229 e. The SMILES string of the molecule is CC(C)c1ccc(-n2nnnc2SCCCS(N)(=O)=O)cc1. The number of nitrogens with two attached hydrogens (primary N) is 1. The van der Waals surface area contributed by atoms with E-state index >= 15 is 0 Å². The highest BCUT2D eigenvalue weighted by molar-refractivity contribution is 7.99. The molecule has 0 aliphatic carbocycles. The van der Waals surface area contributed by atoms with Crippen molar-refractivity contribution in [2.24, 2.45) is 5.14 Å². The highest BCUT2D eigenvalue weighted by Crippen LogP contribution is 2.21. The van der Waals surface area contributed by atoms with Crippen molar-refractivity contribution >= 4 is 21.8 Å². The van der Waals surface area contributed by atoms with E-state index in [1.807, 2.05) is 12.1 Å². The van der Waals surface area contributed by atoms with Crippen LogP contribution in [0, 0.1) is 0 Å². The van der Waals surface area contributed by atoms with Crippen molar-refractivity contribution in [3.63, 3.8) is 0 Å². The van der Waals surface area contributed by atoms with E-state index < -0.39 is 10.0 Å². The van der Waals surface area contributed by atoms with Crippen LogP contribution in [0.15, 0.2) is 29.4 Å². The van der Waals surface area contributed by atoms with E-state index in [-0.39, 0.29) is 5.75 Å². The normalized spacial score (nSPS) is 12.0. The van der Waals surface area contributed by atoms with Gasteiger partial charge in [-0.05, 0) is 40.5 Å². The summed E-state index contributed by atoms with van der Waals surface area (Å²) in [6.45, 7) is 4.28. The van der Waals surface area contributed by atoms with Crippen LogP contribution in [0.3, 0.4) is 0 Å². The summed E-state index contributed by atoms with van der Waals surface area (Å²) in [6.07, 6.45) is 0.461. The van der Waals surface area contributed by atoms with Gasteiger partial charge in [-0.3, -0.25) is 0 Å². The Hall–Kier alpha value is -1.45. The smallest absolute Gasteiger partial charge is 0.214 e. The molecular formula is C13H19N5O2S2. The maximum absolute atomic E-state index is 10.9. The topological polar surface area (TPSA) is 104 Å². The van der Waals surface area contributed by atoms with Crippen molar-refractivity contribution in [2.75, 3.05) is 11.5 Å². The van der Waals surface area contributed by atoms with Gasteiger partial charge in [0.2, 0.25) is 15.2 Å². The first kappa shape index (κ1) is 16.9. The van der Waals surface area contributed by atoms with E-state index in [9.17, 15) is 8.42 Å². The van der Waals surface area contributed by atoms with Gasteiger partial charge in [-0.15, -0.1) is 5.10 Å². The molecule has 0 amide bonds. The molecule has 0 saturated carbocycles. The molecule has 0 aliphatic heterocycles. The number of thioether (sulfide) groups is 1. The Morgan fingerprint density at radius 3 is 2.55 bits per heavy atom.